The molecule has 0 atom stereocenters. The second kappa shape index (κ2) is 5.87. The molecular weight excluding hydrogens is 206 g/mol. The molecule has 4 nitrogen and oxygen atoms in total. The zero-order valence-electron chi connectivity index (χ0n) is 9.92. The van der Waals surface area contributed by atoms with Crippen LogP contribution in [0.25, 0.3) is 0 Å². The molecule has 2 N–H and O–H groups in total. The summed E-state index contributed by atoms with van der Waals surface area (Å²) in [6.45, 7) is 2.88. The fraction of sp³-hybridized carbons (Fsp3) is 0.833. The lowest BCUT2D eigenvalue weighted by Crippen LogP contribution is -2.37. The van der Waals surface area contributed by atoms with E-state index in [9.17, 15) is 9.59 Å². The van der Waals surface area contributed by atoms with Gasteiger partial charge in [0.15, 0.2) is 0 Å². The third-order valence-corrected chi connectivity index (χ3v) is 3.34. The molecule has 1 aliphatic carbocycles. The minimum absolute atomic E-state index is 0.0808. The molecule has 0 aromatic carbocycles. The van der Waals surface area contributed by atoms with Gasteiger partial charge in [-0.3, -0.25) is 9.59 Å². The average molecular weight is 227 g/mol. The highest BCUT2D eigenvalue weighted by Gasteiger charge is 2.26. The summed E-state index contributed by atoms with van der Waals surface area (Å²) in [5.41, 5.74) is 0.219. The molecule has 0 heterocycles. The number of carbonyl (C=O) groups excluding carboxylic acids is 1. The molecule has 1 saturated carbocycles. The molecule has 92 valence electrons. The van der Waals surface area contributed by atoms with E-state index in [-0.39, 0.29) is 24.2 Å². The van der Waals surface area contributed by atoms with Crippen LogP contribution in [0.3, 0.4) is 0 Å². The minimum atomic E-state index is -0.918. The van der Waals surface area contributed by atoms with Crippen LogP contribution < -0.4 is 5.32 Å². The van der Waals surface area contributed by atoms with Gasteiger partial charge in [0.25, 0.3) is 0 Å². The van der Waals surface area contributed by atoms with Crippen molar-refractivity contribution in [2.75, 3.05) is 6.54 Å². The van der Waals surface area contributed by atoms with E-state index in [4.69, 9.17) is 5.11 Å². The molecular formula is C12H21NO3. The molecule has 0 spiro atoms. The summed E-state index contributed by atoms with van der Waals surface area (Å²) in [6, 6.07) is 0. The third kappa shape index (κ3) is 4.64. The molecule has 1 aliphatic rings. The fourth-order valence-electron chi connectivity index (χ4n) is 2.20. The average Bonchev–Trinajstić information content (AvgIpc) is 2.25. The summed E-state index contributed by atoms with van der Waals surface area (Å²) in [6.07, 6.45) is 6.10. The highest BCUT2D eigenvalue weighted by Crippen LogP contribution is 2.34. The maximum Gasteiger partial charge on any atom is 0.303 e. The van der Waals surface area contributed by atoms with Gasteiger partial charge in [-0.05, 0) is 18.3 Å². The molecule has 1 rings (SSSR count). The number of amides is 1. The highest BCUT2D eigenvalue weighted by atomic mass is 16.4. The molecule has 0 aromatic heterocycles. The van der Waals surface area contributed by atoms with E-state index in [1.54, 1.807) is 0 Å². The molecule has 0 unspecified atom stereocenters. The van der Waals surface area contributed by atoms with E-state index in [0.717, 1.165) is 12.8 Å². The topological polar surface area (TPSA) is 66.4 Å². The standard InChI is InChI=1S/C12H21NO3/c1-12(7-3-2-4-8-12)9-13-10(14)5-6-11(15)16/h2-9H2,1H3,(H,13,14)(H,15,16). The van der Waals surface area contributed by atoms with Crippen LogP contribution in [0.4, 0.5) is 0 Å². The second-order valence-electron chi connectivity index (χ2n) is 5.04. The number of rotatable bonds is 5. The van der Waals surface area contributed by atoms with E-state index in [0.29, 0.717) is 6.54 Å². The summed E-state index contributed by atoms with van der Waals surface area (Å²) in [5, 5.41) is 11.3. The van der Waals surface area contributed by atoms with Crippen molar-refractivity contribution in [2.24, 2.45) is 5.41 Å². The molecule has 0 aromatic rings. The maximum absolute atomic E-state index is 11.4. The molecule has 16 heavy (non-hydrogen) atoms. The van der Waals surface area contributed by atoms with Crippen molar-refractivity contribution < 1.29 is 14.7 Å². The van der Waals surface area contributed by atoms with Crippen molar-refractivity contribution in [1.29, 1.82) is 0 Å². The number of carboxylic acids is 1. The van der Waals surface area contributed by atoms with Gasteiger partial charge in [0, 0.05) is 13.0 Å². The summed E-state index contributed by atoms with van der Waals surface area (Å²) in [5.74, 6) is -1.06. The Kier molecular flexibility index (Phi) is 4.77. The highest BCUT2D eigenvalue weighted by molar-refractivity contribution is 5.80. The predicted molar refractivity (Wildman–Crippen MR) is 61.1 cm³/mol. The quantitative estimate of drug-likeness (QED) is 0.754. The van der Waals surface area contributed by atoms with Crippen molar-refractivity contribution in [2.45, 2.75) is 51.9 Å². The summed E-state index contributed by atoms with van der Waals surface area (Å²) < 4.78 is 0. The zero-order valence-corrected chi connectivity index (χ0v) is 9.92. The van der Waals surface area contributed by atoms with E-state index in [1.807, 2.05) is 0 Å². The normalized spacial score (nSPS) is 19.1. The number of hydrogen-bond acceptors (Lipinski definition) is 2. The zero-order chi connectivity index (χ0) is 12.0. The second-order valence-corrected chi connectivity index (χ2v) is 5.04. The van der Waals surface area contributed by atoms with Crippen molar-refractivity contribution in [3.63, 3.8) is 0 Å². The summed E-state index contributed by atoms with van der Waals surface area (Å²) in [7, 11) is 0. The van der Waals surface area contributed by atoms with Gasteiger partial charge in [-0.1, -0.05) is 26.2 Å². The first-order valence-corrected chi connectivity index (χ1v) is 6.00. The lowest BCUT2D eigenvalue weighted by Gasteiger charge is -2.33. The van der Waals surface area contributed by atoms with Crippen LogP contribution in [0.2, 0.25) is 0 Å². The van der Waals surface area contributed by atoms with Gasteiger partial charge in [0.05, 0.1) is 6.42 Å². The lowest BCUT2D eigenvalue weighted by molar-refractivity contribution is -0.138. The molecule has 4 heteroatoms. The van der Waals surface area contributed by atoms with Crippen molar-refractivity contribution in [1.82, 2.24) is 5.32 Å². The van der Waals surface area contributed by atoms with Gasteiger partial charge in [0.1, 0.15) is 0 Å². The van der Waals surface area contributed by atoms with Crippen molar-refractivity contribution in [3.05, 3.63) is 0 Å². The molecule has 0 saturated heterocycles. The Labute approximate surface area is 96.4 Å². The van der Waals surface area contributed by atoms with Gasteiger partial charge >= 0.3 is 5.97 Å². The first-order chi connectivity index (χ1) is 7.52. The predicted octanol–water partition coefficient (Wildman–Crippen LogP) is 1.94. The Balaban J connectivity index is 2.22. The van der Waals surface area contributed by atoms with Crippen LogP contribution in [0, 0.1) is 5.41 Å². The van der Waals surface area contributed by atoms with Crippen LogP contribution in [0.1, 0.15) is 51.9 Å². The summed E-state index contributed by atoms with van der Waals surface area (Å²) in [4.78, 5) is 21.7. The number of carbonyl (C=O) groups is 2. The number of carboxylic acid groups (broad SMARTS) is 1. The number of nitrogens with one attached hydrogen (secondary N) is 1. The van der Waals surface area contributed by atoms with Gasteiger partial charge in [0.2, 0.25) is 5.91 Å². The third-order valence-electron chi connectivity index (χ3n) is 3.34. The number of aliphatic carboxylic acids is 1. The molecule has 1 fully saturated rings. The Morgan fingerprint density at radius 1 is 1.19 bits per heavy atom. The molecule has 0 bridgehead atoms. The Morgan fingerprint density at radius 3 is 2.38 bits per heavy atom. The van der Waals surface area contributed by atoms with E-state index in [1.165, 1.54) is 19.3 Å². The van der Waals surface area contributed by atoms with Crippen LogP contribution in [0.15, 0.2) is 0 Å². The smallest absolute Gasteiger partial charge is 0.303 e. The van der Waals surface area contributed by atoms with Crippen LogP contribution in [0.5, 0.6) is 0 Å². The Morgan fingerprint density at radius 2 is 1.81 bits per heavy atom. The molecule has 0 aliphatic heterocycles. The SMILES string of the molecule is CC1(CNC(=O)CCC(=O)O)CCCCC1. The van der Waals surface area contributed by atoms with Crippen LogP contribution in [-0.4, -0.2) is 23.5 Å². The lowest BCUT2D eigenvalue weighted by atomic mass is 9.76. The minimum Gasteiger partial charge on any atom is -0.481 e. The van der Waals surface area contributed by atoms with Crippen molar-refractivity contribution >= 4 is 11.9 Å². The maximum atomic E-state index is 11.4. The largest absolute Gasteiger partial charge is 0.481 e. The Bertz CT molecular complexity index is 257. The fourth-order valence-corrected chi connectivity index (χ4v) is 2.20. The van der Waals surface area contributed by atoms with Crippen molar-refractivity contribution in [3.8, 4) is 0 Å². The first kappa shape index (κ1) is 13.0. The first-order valence-electron chi connectivity index (χ1n) is 6.00. The van der Waals surface area contributed by atoms with Crippen LogP contribution >= 0.6 is 0 Å². The van der Waals surface area contributed by atoms with Gasteiger partial charge in [-0.15, -0.1) is 0 Å². The molecule has 1 amide bonds. The van der Waals surface area contributed by atoms with Gasteiger partial charge < -0.3 is 10.4 Å². The van der Waals surface area contributed by atoms with E-state index in [2.05, 4.69) is 12.2 Å². The van der Waals surface area contributed by atoms with Gasteiger partial charge in [-0.2, -0.15) is 0 Å². The monoisotopic (exact) mass is 227 g/mol. The van der Waals surface area contributed by atoms with Crippen LogP contribution in [-0.2, 0) is 9.59 Å². The number of hydrogen-bond donors (Lipinski definition) is 2. The summed E-state index contributed by atoms with van der Waals surface area (Å²) >= 11 is 0. The Hall–Kier alpha value is -1.06. The van der Waals surface area contributed by atoms with E-state index >= 15 is 0 Å². The van der Waals surface area contributed by atoms with E-state index < -0.39 is 5.97 Å². The molecule has 0 radical (unpaired) electrons. The van der Waals surface area contributed by atoms with Gasteiger partial charge in [-0.25, -0.2) is 0 Å².